The molecule has 22 heavy (non-hydrogen) atoms. The number of amides is 1. The van der Waals surface area contributed by atoms with Crippen molar-refractivity contribution >= 4 is 17.6 Å². The molecule has 0 aliphatic carbocycles. The molecule has 1 atom stereocenters. The zero-order valence-corrected chi connectivity index (χ0v) is 12.2. The Kier molecular flexibility index (Phi) is 5.13. The van der Waals surface area contributed by atoms with E-state index in [0.717, 1.165) is 0 Å². The third-order valence-corrected chi connectivity index (χ3v) is 2.66. The summed E-state index contributed by atoms with van der Waals surface area (Å²) in [4.78, 5) is 23.5. The summed E-state index contributed by atoms with van der Waals surface area (Å²) in [7, 11) is 0. The fourth-order valence-electron chi connectivity index (χ4n) is 1.59. The zero-order chi connectivity index (χ0) is 15.9. The van der Waals surface area contributed by atoms with Crippen molar-refractivity contribution in [2.45, 2.75) is 20.0 Å². The van der Waals surface area contributed by atoms with Crippen LogP contribution in [0.3, 0.4) is 0 Å². The molecule has 0 fully saturated rings. The van der Waals surface area contributed by atoms with Gasteiger partial charge in [-0.2, -0.15) is 0 Å². The number of aromatic nitrogens is 1. The van der Waals surface area contributed by atoms with Crippen LogP contribution in [0.4, 0.5) is 5.69 Å². The maximum absolute atomic E-state index is 11.9. The first-order valence-corrected chi connectivity index (χ1v) is 6.66. The maximum atomic E-state index is 11.9. The number of benzene rings is 1. The average molecular weight is 304 g/mol. The summed E-state index contributed by atoms with van der Waals surface area (Å²) >= 11 is 0. The van der Waals surface area contributed by atoms with Gasteiger partial charge in [0.2, 0.25) is 0 Å². The van der Waals surface area contributed by atoms with E-state index in [-0.39, 0.29) is 12.5 Å². The van der Waals surface area contributed by atoms with Gasteiger partial charge in [-0.15, -0.1) is 0 Å². The number of ether oxygens (including phenoxy) is 2. The van der Waals surface area contributed by atoms with Crippen molar-refractivity contribution in [3.63, 3.8) is 0 Å². The van der Waals surface area contributed by atoms with Gasteiger partial charge in [0, 0.05) is 11.8 Å². The fraction of sp³-hybridized carbons (Fsp3) is 0.267. The molecule has 116 valence electrons. The zero-order valence-electron chi connectivity index (χ0n) is 12.2. The number of hydrogen-bond acceptors (Lipinski definition) is 6. The Hall–Kier alpha value is -2.83. The van der Waals surface area contributed by atoms with Gasteiger partial charge in [0.15, 0.2) is 12.7 Å². The number of carbonyl (C=O) groups excluding carboxylic acids is 2. The molecule has 0 saturated heterocycles. The van der Waals surface area contributed by atoms with Crippen molar-refractivity contribution in [3.05, 3.63) is 42.2 Å². The summed E-state index contributed by atoms with van der Waals surface area (Å²) in [5.41, 5.74) is 0.629. The highest BCUT2D eigenvalue weighted by atomic mass is 16.6. The highest BCUT2D eigenvalue weighted by molar-refractivity contribution is 5.95. The minimum Gasteiger partial charge on any atom is -0.463 e. The lowest BCUT2D eigenvalue weighted by molar-refractivity contribution is -0.155. The average Bonchev–Trinajstić information content (AvgIpc) is 2.92. The van der Waals surface area contributed by atoms with Crippen molar-refractivity contribution in [1.29, 1.82) is 0 Å². The lowest BCUT2D eigenvalue weighted by Crippen LogP contribution is -2.31. The lowest BCUT2D eigenvalue weighted by Gasteiger charge is -2.13. The SMILES string of the molecule is Cc1cc(OCC(=O)O[C@H](C)C(=O)Nc2ccccc2)no1. The minimum atomic E-state index is -0.935. The Morgan fingerprint density at radius 2 is 2.05 bits per heavy atom. The van der Waals surface area contributed by atoms with Crippen LogP contribution in [0.15, 0.2) is 40.9 Å². The molecular weight excluding hydrogens is 288 g/mol. The van der Waals surface area contributed by atoms with Gasteiger partial charge < -0.3 is 19.3 Å². The number of carbonyl (C=O) groups is 2. The number of nitrogens with zero attached hydrogens (tertiary/aromatic N) is 1. The summed E-state index contributed by atoms with van der Waals surface area (Å²) in [6.45, 7) is 2.83. The molecule has 0 saturated carbocycles. The normalized spacial score (nSPS) is 11.5. The Balaban J connectivity index is 1.76. The fourth-order valence-corrected chi connectivity index (χ4v) is 1.59. The van der Waals surface area contributed by atoms with Crippen molar-refractivity contribution in [2.75, 3.05) is 11.9 Å². The van der Waals surface area contributed by atoms with Crippen LogP contribution in [0.1, 0.15) is 12.7 Å². The van der Waals surface area contributed by atoms with Crippen LogP contribution < -0.4 is 10.1 Å². The molecule has 0 unspecified atom stereocenters. The van der Waals surface area contributed by atoms with Gasteiger partial charge in [0.1, 0.15) is 5.76 Å². The Morgan fingerprint density at radius 3 is 2.68 bits per heavy atom. The van der Waals surface area contributed by atoms with Crippen LogP contribution in [-0.4, -0.2) is 29.7 Å². The third kappa shape index (κ3) is 4.62. The van der Waals surface area contributed by atoms with Crippen molar-refractivity contribution in [2.24, 2.45) is 0 Å². The molecule has 0 radical (unpaired) electrons. The molecule has 1 heterocycles. The molecule has 7 heteroatoms. The van der Waals surface area contributed by atoms with Crippen LogP contribution in [0.25, 0.3) is 0 Å². The second kappa shape index (κ2) is 7.26. The van der Waals surface area contributed by atoms with Gasteiger partial charge >= 0.3 is 5.97 Å². The van der Waals surface area contributed by atoms with E-state index in [0.29, 0.717) is 11.4 Å². The molecule has 0 bridgehead atoms. The van der Waals surface area contributed by atoms with E-state index in [4.69, 9.17) is 14.0 Å². The summed E-state index contributed by atoms with van der Waals surface area (Å²) in [6, 6.07) is 10.4. The largest absolute Gasteiger partial charge is 0.463 e. The molecule has 2 aromatic rings. The maximum Gasteiger partial charge on any atom is 0.345 e. The molecule has 0 spiro atoms. The van der Waals surface area contributed by atoms with Gasteiger partial charge in [0.25, 0.3) is 11.8 Å². The van der Waals surface area contributed by atoms with Gasteiger partial charge in [-0.1, -0.05) is 18.2 Å². The van der Waals surface area contributed by atoms with Gasteiger partial charge in [-0.05, 0) is 31.1 Å². The van der Waals surface area contributed by atoms with E-state index in [1.54, 1.807) is 37.3 Å². The van der Waals surface area contributed by atoms with Gasteiger partial charge in [-0.3, -0.25) is 4.79 Å². The van der Waals surface area contributed by atoms with Gasteiger partial charge in [-0.25, -0.2) is 4.79 Å². The Morgan fingerprint density at radius 1 is 1.32 bits per heavy atom. The second-order valence-corrected chi connectivity index (χ2v) is 4.55. The molecule has 1 aromatic heterocycles. The number of esters is 1. The van der Waals surface area contributed by atoms with E-state index in [1.807, 2.05) is 6.07 Å². The highest BCUT2D eigenvalue weighted by Gasteiger charge is 2.18. The predicted octanol–water partition coefficient (Wildman–Crippen LogP) is 1.93. The minimum absolute atomic E-state index is 0.191. The number of hydrogen-bond donors (Lipinski definition) is 1. The smallest absolute Gasteiger partial charge is 0.345 e. The summed E-state index contributed by atoms with van der Waals surface area (Å²) < 4.78 is 14.8. The molecule has 7 nitrogen and oxygen atoms in total. The highest BCUT2D eigenvalue weighted by Crippen LogP contribution is 2.10. The number of nitrogens with one attached hydrogen (secondary N) is 1. The topological polar surface area (TPSA) is 90.7 Å². The molecule has 1 aromatic carbocycles. The molecule has 2 rings (SSSR count). The number of aryl methyl sites for hydroxylation is 1. The number of rotatable bonds is 6. The van der Waals surface area contributed by atoms with Crippen molar-refractivity contribution < 1.29 is 23.6 Å². The number of para-hydroxylation sites is 1. The van der Waals surface area contributed by atoms with E-state index < -0.39 is 18.0 Å². The van der Waals surface area contributed by atoms with Crippen LogP contribution in [0, 0.1) is 6.92 Å². The van der Waals surface area contributed by atoms with Gasteiger partial charge in [0.05, 0.1) is 0 Å². The van der Waals surface area contributed by atoms with Crippen LogP contribution >= 0.6 is 0 Å². The molecule has 0 aliphatic heterocycles. The molecule has 1 N–H and O–H groups in total. The summed E-state index contributed by atoms with van der Waals surface area (Å²) in [5, 5.41) is 6.21. The Bertz CT molecular complexity index is 638. The summed E-state index contributed by atoms with van der Waals surface area (Å²) in [6.07, 6.45) is -0.935. The second-order valence-electron chi connectivity index (χ2n) is 4.55. The first kappa shape index (κ1) is 15.6. The molecule has 1 amide bonds. The van der Waals surface area contributed by atoms with E-state index >= 15 is 0 Å². The first-order chi connectivity index (χ1) is 10.5. The monoisotopic (exact) mass is 304 g/mol. The van der Waals surface area contributed by atoms with Crippen LogP contribution in [-0.2, 0) is 14.3 Å². The van der Waals surface area contributed by atoms with Crippen molar-refractivity contribution in [1.82, 2.24) is 5.16 Å². The van der Waals surface area contributed by atoms with Crippen molar-refractivity contribution in [3.8, 4) is 5.88 Å². The standard InChI is InChI=1S/C15H16N2O5/c1-10-8-13(17-22-10)20-9-14(18)21-11(2)15(19)16-12-6-4-3-5-7-12/h3-8,11H,9H2,1-2H3,(H,16,19)/t11-/m1/s1. The molecular formula is C15H16N2O5. The van der Waals surface area contributed by atoms with E-state index in [1.165, 1.54) is 6.92 Å². The molecule has 0 aliphatic rings. The third-order valence-electron chi connectivity index (χ3n) is 2.66. The van der Waals surface area contributed by atoms with E-state index in [9.17, 15) is 9.59 Å². The number of anilines is 1. The predicted molar refractivity (Wildman–Crippen MR) is 77.4 cm³/mol. The Labute approximate surface area is 127 Å². The van der Waals surface area contributed by atoms with E-state index in [2.05, 4.69) is 10.5 Å². The lowest BCUT2D eigenvalue weighted by atomic mass is 10.3. The van der Waals surface area contributed by atoms with Crippen LogP contribution in [0.5, 0.6) is 5.88 Å². The quantitative estimate of drug-likeness (QED) is 0.820. The van der Waals surface area contributed by atoms with Crippen LogP contribution in [0.2, 0.25) is 0 Å². The summed E-state index contributed by atoms with van der Waals surface area (Å²) in [5.74, 6) is -0.331. The first-order valence-electron chi connectivity index (χ1n) is 6.66.